The summed E-state index contributed by atoms with van der Waals surface area (Å²) in [6.45, 7) is 2.34. The Morgan fingerprint density at radius 1 is 1.00 bits per heavy atom. The highest BCUT2D eigenvalue weighted by atomic mass is 19.4. The van der Waals surface area contributed by atoms with Gasteiger partial charge in [0.25, 0.3) is 0 Å². The number of likely N-dealkylation sites (tertiary alicyclic amines) is 1. The second-order valence-corrected chi connectivity index (χ2v) is 8.76. The van der Waals surface area contributed by atoms with E-state index in [1.54, 1.807) is 24.8 Å². The van der Waals surface area contributed by atoms with Gasteiger partial charge in [-0.2, -0.15) is 23.1 Å². The monoisotopic (exact) mass is 510 g/mol. The fourth-order valence-electron chi connectivity index (χ4n) is 4.21. The van der Waals surface area contributed by atoms with Gasteiger partial charge in [-0.25, -0.2) is 4.98 Å². The van der Waals surface area contributed by atoms with E-state index >= 15 is 0 Å². The molecule has 2 N–H and O–H groups in total. The fourth-order valence-corrected chi connectivity index (χ4v) is 4.21. The number of aromatic nitrogens is 5. The Balaban J connectivity index is 1.40. The Kier molecular flexibility index (Phi) is 6.89. The summed E-state index contributed by atoms with van der Waals surface area (Å²) in [5, 5.41) is 6.31. The van der Waals surface area contributed by atoms with Crippen molar-refractivity contribution in [1.82, 2.24) is 29.4 Å². The minimum Gasteiger partial charge on any atom is -0.364 e. The van der Waals surface area contributed by atoms with Gasteiger partial charge in [-0.05, 0) is 35.7 Å². The standard InChI is InChI=1S/C25H25F3N8O/c26-25(27,28)19-6-1-4-17(12-19)14-30-22-21-23(34-24(33-22)31-15-18-5-2-8-29-13-18)36(16-32-21)11-10-35-9-3-7-20(35)37/h1-2,4-6,8,12-13,16H,3,7,9-11,14-15H2,(H2,30,31,33,34). The van der Waals surface area contributed by atoms with E-state index in [0.717, 1.165) is 30.7 Å². The van der Waals surface area contributed by atoms with Crippen LogP contribution in [0.1, 0.15) is 29.5 Å². The van der Waals surface area contributed by atoms with Gasteiger partial charge < -0.3 is 20.1 Å². The first kappa shape index (κ1) is 24.5. The predicted molar refractivity (Wildman–Crippen MR) is 131 cm³/mol. The Bertz CT molecular complexity index is 1390. The third kappa shape index (κ3) is 5.79. The fraction of sp³-hybridized carbons (Fsp3) is 0.320. The summed E-state index contributed by atoms with van der Waals surface area (Å²) >= 11 is 0. The van der Waals surface area contributed by atoms with E-state index in [4.69, 9.17) is 0 Å². The van der Waals surface area contributed by atoms with Crippen LogP contribution in [0.25, 0.3) is 11.2 Å². The van der Waals surface area contributed by atoms with Crippen LogP contribution in [0, 0.1) is 0 Å². The zero-order chi connectivity index (χ0) is 25.8. The Morgan fingerprint density at radius 2 is 1.84 bits per heavy atom. The van der Waals surface area contributed by atoms with Gasteiger partial charge in [-0.1, -0.05) is 18.2 Å². The van der Waals surface area contributed by atoms with Crippen LogP contribution in [0.15, 0.2) is 55.1 Å². The molecule has 0 saturated carbocycles. The maximum atomic E-state index is 13.1. The number of nitrogens with one attached hydrogen (secondary N) is 2. The highest BCUT2D eigenvalue weighted by Gasteiger charge is 2.30. The number of halogens is 3. The topological polar surface area (TPSA) is 101 Å². The van der Waals surface area contributed by atoms with Gasteiger partial charge >= 0.3 is 6.18 Å². The number of carbonyl (C=O) groups is 1. The van der Waals surface area contributed by atoms with Crippen molar-refractivity contribution in [3.8, 4) is 0 Å². The quantitative estimate of drug-likeness (QED) is 0.350. The Labute approximate surface area is 210 Å². The van der Waals surface area contributed by atoms with Crippen molar-refractivity contribution in [2.24, 2.45) is 0 Å². The molecule has 9 nitrogen and oxygen atoms in total. The van der Waals surface area contributed by atoms with Crippen molar-refractivity contribution in [3.63, 3.8) is 0 Å². The molecule has 0 bridgehead atoms. The number of hydrogen-bond donors (Lipinski definition) is 2. The molecule has 0 radical (unpaired) electrons. The zero-order valence-corrected chi connectivity index (χ0v) is 19.9. The average molecular weight is 511 g/mol. The van der Waals surface area contributed by atoms with Crippen molar-refractivity contribution < 1.29 is 18.0 Å². The molecule has 1 amide bonds. The lowest BCUT2D eigenvalue weighted by molar-refractivity contribution is -0.137. The molecule has 12 heteroatoms. The highest BCUT2D eigenvalue weighted by molar-refractivity contribution is 5.84. The number of amides is 1. The molecule has 5 rings (SSSR count). The molecule has 0 aliphatic carbocycles. The van der Waals surface area contributed by atoms with Crippen LogP contribution in [0.5, 0.6) is 0 Å². The summed E-state index contributed by atoms with van der Waals surface area (Å²) in [4.78, 5) is 31.6. The van der Waals surface area contributed by atoms with Crippen LogP contribution in [-0.4, -0.2) is 48.4 Å². The lowest BCUT2D eigenvalue weighted by Gasteiger charge is -2.16. The number of carbonyl (C=O) groups excluding carboxylic acids is 1. The number of fused-ring (bicyclic) bond motifs is 1. The molecule has 1 aliphatic rings. The second kappa shape index (κ2) is 10.4. The lowest BCUT2D eigenvalue weighted by atomic mass is 10.1. The molecule has 1 aliphatic heterocycles. The van der Waals surface area contributed by atoms with Crippen LogP contribution < -0.4 is 10.6 Å². The molecule has 0 unspecified atom stereocenters. The zero-order valence-electron chi connectivity index (χ0n) is 19.9. The molecule has 1 saturated heterocycles. The minimum atomic E-state index is -4.42. The number of anilines is 2. The molecule has 1 fully saturated rings. The number of benzene rings is 1. The third-order valence-electron chi connectivity index (χ3n) is 6.13. The number of alkyl halides is 3. The van der Waals surface area contributed by atoms with E-state index in [-0.39, 0.29) is 12.5 Å². The number of rotatable bonds is 9. The van der Waals surface area contributed by atoms with Crippen molar-refractivity contribution in [2.45, 2.75) is 38.7 Å². The molecule has 3 aromatic heterocycles. The molecule has 0 atom stereocenters. The third-order valence-corrected chi connectivity index (χ3v) is 6.13. The summed E-state index contributed by atoms with van der Waals surface area (Å²) < 4.78 is 41.3. The minimum absolute atomic E-state index is 0.118. The smallest absolute Gasteiger partial charge is 0.364 e. The molecule has 4 aromatic rings. The number of imidazole rings is 1. The van der Waals surface area contributed by atoms with Crippen molar-refractivity contribution in [1.29, 1.82) is 0 Å². The Hall–Kier alpha value is -4.22. The first-order chi connectivity index (χ1) is 17.9. The SMILES string of the molecule is O=C1CCCN1CCn1cnc2c(NCc3cccc(C(F)(F)F)c3)nc(NCc3cccnc3)nc21. The molecule has 4 heterocycles. The van der Waals surface area contributed by atoms with Crippen LogP contribution in [-0.2, 0) is 30.6 Å². The first-order valence-corrected chi connectivity index (χ1v) is 11.9. The second-order valence-electron chi connectivity index (χ2n) is 8.76. The van der Waals surface area contributed by atoms with E-state index in [9.17, 15) is 18.0 Å². The van der Waals surface area contributed by atoms with Crippen molar-refractivity contribution in [2.75, 3.05) is 23.7 Å². The summed E-state index contributed by atoms with van der Waals surface area (Å²) in [7, 11) is 0. The predicted octanol–water partition coefficient (Wildman–Crippen LogP) is 4.09. The molecule has 0 spiro atoms. The molecule has 37 heavy (non-hydrogen) atoms. The summed E-state index contributed by atoms with van der Waals surface area (Å²) in [5.74, 6) is 0.871. The van der Waals surface area contributed by atoms with Crippen LogP contribution in [0.2, 0.25) is 0 Å². The Morgan fingerprint density at radius 3 is 2.59 bits per heavy atom. The van der Waals surface area contributed by atoms with E-state index in [0.29, 0.717) is 54.5 Å². The van der Waals surface area contributed by atoms with Gasteiger partial charge in [-0.15, -0.1) is 0 Å². The van der Waals surface area contributed by atoms with Gasteiger partial charge in [0, 0.05) is 51.5 Å². The number of hydrogen-bond acceptors (Lipinski definition) is 7. The molecular formula is C25H25F3N8O. The van der Waals surface area contributed by atoms with Crippen molar-refractivity contribution in [3.05, 3.63) is 71.8 Å². The maximum absolute atomic E-state index is 13.1. The van der Waals surface area contributed by atoms with Crippen LogP contribution in [0.3, 0.4) is 0 Å². The lowest BCUT2D eigenvalue weighted by Crippen LogP contribution is -2.28. The van der Waals surface area contributed by atoms with Gasteiger partial charge in [-0.3, -0.25) is 9.78 Å². The maximum Gasteiger partial charge on any atom is 0.416 e. The first-order valence-electron chi connectivity index (χ1n) is 11.9. The van der Waals surface area contributed by atoms with Crippen LogP contribution in [0.4, 0.5) is 24.9 Å². The van der Waals surface area contributed by atoms with Gasteiger partial charge in [0.15, 0.2) is 17.0 Å². The number of pyridine rings is 1. The summed E-state index contributed by atoms with van der Waals surface area (Å²) in [6, 6.07) is 8.90. The molecule has 1 aromatic carbocycles. The normalized spacial score (nSPS) is 13.9. The number of nitrogens with zero attached hydrogens (tertiary/aromatic N) is 6. The van der Waals surface area contributed by atoms with E-state index in [2.05, 4.69) is 30.6 Å². The van der Waals surface area contributed by atoms with Crippen molar-refractivity contribution >= 4 is 28.8 Å². The summed E-state index contributed by atoms with van der Waals surface area (Å²) in [6.07, 6.45) is 2.06. The van der Waals surface area contributed by atoms with Gasteiger partial charge in [0.05, 0.1) is 11.9 Å². The van der Waals surface area contributed by atoms with Gasteiger partial charge in [0.2, 0.25) is 11.9 Å². The molecule has 192 valence electrons. The van der Waals surface area contributed by atoms with E-state index in [1.165, 1.54) is 6.07 Å². The average Bonchev–Trinajstić information content (AvgIpc) is 3.50. The summed E-state index contributed by atoms with van der Waals surface area (Å²) in [5.41, 5.74) is 1.73. The van der Waals surface area contributed by atoms with Crippen LogP contribution >= 0.6 is 0 Å². The highest BCUT2D eigenvalue weighted by Crippen LogP contribution is 2.30. The largest absolute Gasteiger partial charge is 0.416 e. The molecular weight excluding hydrogens is 485 g/mol. The van der Waals surface area contributed by atoms with Gasteiger partial charge in [0.1, 0.15) is 0 Å². The van der Waals surface area contributed by atoms with E-state index in [1.807, 2.05) is 21.6 Å². The van der Waals surface area contributed by atoms with E-state index < -0.39 is 11.7 Å².